The smallest absolute Gasteiger partial charge is 0.155 e. The number of hydrogen-bond acceptors (Lipinski definition) is 5. The van der Waals surface area contributed by atoms with E-state index in [1.807, 2.05) is 50.0 Å². The molecule has 0 atom stereocenters. The van der Waals surface area contributed by atoms with Gasteiger partial charge in [-0.05, 0) is 30.3 Å². The van der Waals surface area contributed by atoms with E-state index in [0.29, 0.717) is 0 Å². The van der Waals surface area contributed by atoms with Crippen LogP contribution in [0, 0.1) is 0 Å². The lowest BCUT2D eigenvalue weighted by molar-refractivity contribution is 0.768. The molecule has 8 nitrogen and oxygen atoms in total. The van der Waals surface area contributed by atoms with Gasteiger partial charge in [-0.25, -0.2) is 4.98 Å². The third kappa shape index (κ3) is 2.58. The van der Waals surface area contributed by atoms with Crippen molar-refractivity contribution in [1.82, 2.24) is 39.9 Å². The number of pyridine rings is 3. The first-order valence-corrected chi connectivity index (χ1v) is 9.48. The lowest BCUT2D eigenvalue weighted by Crippen LogP contribution is -1.84. The fraction of sp³-hybridized carbons (Fsp3) is 0.0455. The highest BCUT2D eigenvalue weighted by atomic mass is 15.2. The van der Waals surface area contributed by atoms with Crippen molar-refractivity contribution in [3.63, 3.8) is 0 Å². The van der Waals surface area contributed by atoms with Gasteiger partial charge in [-0.1, -0.05) is 0 Å². The molecule has 0 unspecified atom stereocenters. The first kappa shape index (κ1) is 16.6. The highest BCUT2D eigenvalue weighted by Gasteiger charge is 2.15. The zero-order valence-electron chi connectivity index (χ0n) is 16.0. The van der Waals surface area contributed by atoms with E-state index in [1.54, 1.807) is 17.1 Å². The molecule has 8 heteroatoms. The van der Waals surface area contributed by atoms with Crippen LogP contribution in [0.4, 0.5) is 0 Å². The van der Waals surface area contributed by atoms with E-state index in [1.165, 1.54) is 0 Å². The summed E-state index contributed by atoms with van der Waals surface area (Å²) in [7, 11) is 1.90. The Morgan fingerprint density at radius 1 is 0.833 bits per heavy atom. The number of aromatic nitrogens is 8. The van der Waals surface area contributed by atoms with Crippen LogP contribution in [-0.2, 0) is 7.05 Å². The highest BCUT2D eigenvalue weighted by molar-refractivity contribution is 5.99. The second-order valence-corrected chi connectivity index (χ2v) is 7.13. The SMILES string of the molecule is Cn1cc(-c2cnc3[nH]nc(-c4cc5c(-c6ccncc6)nccc5[nH]4)c3c2)cn1. The van der Waals surface area contributed by atoms with Crippen LogP contribution in [0.5, 0.6) is 0 Å². The lowest BCUT2D eigenvalue weighted by Gasteiger charge is -2.01. The number of H-pyrrole nitrogens is 2. The molecule has 0 radical (unpaired) electrons. The number of rotatable bonds is 3. The van der Waals surface area contributed by atoms with Crippen LogP contribution < -0.4 is 0 Å². The Bertz CT molecular complexity index is 1510. The average molecular weight is 392 g/mol. The van der Waals surface area contributed by atoms with Gasteiger partial charge in [0.1, 0.15) is 5.69 Å². The van der Waals surface area contributed by atoms with Gasteiger partial charge in [-0.2, -0.15) is 10.2 Å². The molecule has 6 heterocycles. The number of aromatic amines is 2. The third-order valence-electron chi connectivity index (χ3n) is 5.21. The summed E-state index contributed by atoms with van der Waals surface area (Å²) in [6.45, 7) is 0. The van der Waals surface area contributed by atoms with Crippen LogP contribution in [0.2, 0.25) is 0 Å². The summed E-state index contributed by atoms with van der Waals surface area (Å²) in [5.41, 5.74) is 7.40. The van der Waals surface area contributed by atoms with E-state index >= 15 is 0 Å². The molecule has 0 aromatic carbocycles. The van der Waals surface area contributed by atoms with Crippen LogP contribution >= 0.6 is 0 Å². The average Bonchev–Trinajstić information content (AvgIpc) is 3.50. The molecule has 0 saturated carbocycles. The molecule has 0 bridgehead atoms. The summed E-state index contributed by atoms with van der Waals surface area (Å²) in [6, 6.07) is 10.1. The Balaban J connectivity index is 1.52. The molecule has 2 N–H and O–H groups in total. The monoisotopic (exact) mass is 392 g/mol. The van der Waals surface area contributed by atoms with Gasteiger partial charge in [0.25, 0.3) is 0 Å². The van der Waals surface area contributed by atoms with Gasteiger partial charge in [0.15, 0.2) is 5.65 Å². The molecule has 6 rings (SSSR count). The normalized spacial score (nSPS) is 11.5. The largest absolute Gasteiger partial charge is 0.353 e. The zero-order chi connectivity index (χ0) is 20.1. The van der Waals surface area contributed by atoms with Crippen molar-refractivity contribution < 1.29 is 0 Å². The molecule has 0 aliphatic carbocycles. The molecule has 6 aromatic heterocycles. The molecule has 144 valence electrons. The maximum atomic E-state index is 4.59. The number of nitrogens with zero attached hydrogens (tertiary/aromatic N) is 6. The van der Waals surface area contributed by atoms with E-state index in [4.69, 9.17) is 0 Å². The summed E-state index contributed by atoms with van der Waals surface area (Å²) in [4.78, 5) is 16.7. The van der Waals surface area contributed by atoms with E-state index < -0.39 is 0 Å². The Labute approximate surface area is 170 Å². The topological polar surface area (TPSA) is 101 Å². The van der Waals surface area contributed by atoms with Crippen molar-refractivity contribution in [2.45, 2.75) is 0 Å². The molecular weight excluding hydrogens is 376 g/mol. The summed E-state index contributed by atoms with van der Waals surface area (Å²) < 4.78 is 1.78. The fourth-order valence-corrected chi connectivity index (χ4v) is 3.76. The van der Waals surface area contributed by atoms with E-state index in [2.05, 4.69) is 47.4 Å². The number of aryl methyl sites for hydroxylation is 1. The third-order valence-corrected chi connectivity index (χ3v) is 5.21. The number of nitrogens with one attached hydrogen (secondary N) is 2. The van der Waals surface area contributed by atoms with Crippen LogP contribution in [0.25, 0.3) is 55.7 Å². The second-order valence-electron chi connectivity index (χ2n) is 7.13. The first-order chi connectivity index (χ1) is 14.8. The molecule has 6 aromatic rings. The lowest BCUT2D eigenvalue weighted by atomic mass is 10.1. The van der Waals surface area contributed by atoms with Gasteiger partial charge in [0.2, 0.25) is 0 Å². The van der Waals surface area contributed by atoms with Gasteiger partial charge < -0.3 is 4.98 Å². The summed E-state index contributed by atoms with van der Waals surface area (Å²) in [6.07, 6.45) is 11.0. The van der Waals surface area contributed by atoms with Crippen molar-refractivity contribution in [3.05, 3.63) is 67.5 Å². The van der Waals surface area contributed by atoms with Crippen molar-refractivity contribution >= 4 is 21.9 Å². The highest BCUT2D eigenvalue weighted by Crippen LogP contribution is 2.33. The van der Waals surface area contributed by atoms with Crippen molar-refractivity contribution in [2.75, 3.05) is 0 Å². The summed E-state index contributed by atoms with van der Waals surface area (Å²) in [5.74, 6) is 0. The molecular formula is C22H16N8. The maximum Gasteiger partial charge on any atom is 0.155 e. The van der Waals surface area contributed by atoms with Gasteiger partial charge >= 0.3 is 0 Å². The quantitative estimate of drug-likeness (QED) is 0.475. The minimum absolute atomic E-state index is 0.740. The standard InChI is InChI=1S/C22H16N8/c1-30-12-15(11-26-30)14-8-17-21(28-29-22(17)25-10-14)19-9-16-18(27-19)4-7-24-20(16)13-2-5-23-6-3-13/h2-12,27H,1H3,(H,25,28,29). The van der Waals surface area contributed by atoms with Gasteiger partial charge in [0.05, 0.1) is 17.6 Å². The molecule has 0 saturated heterocycles. The Morgan fingerprint density at radius 2 is 1.73 bits per heavy atom. The van der Waals surface area contributed by atoms with E-state index in [9.17, 15) is 0 Å². The first-order valence-electron chi connectivity index (χ1n) is 9.48. The van der Waals surface area contributed by atoms with E-state index in [0.717, 1.165) is 55.7 Å². The van der Waals surface area contributed by atoms with Crippen molar-refractivity contribution in [3.8, 4) is 33.8 Å². The molecule has 0 spiro atoms. The minimum atomic E-state index is 0.740. The molecule has 0 fully saturated rings. The van der Waals surface area contributed by atoms with Gasteiger partial charge in [-0.3, -0.25) is 19.7 Å². The Kier molecular flexibility index (Phi) is 3.51. The van der Waals surface area contributed by atoms with E-state index in [-0.39, 0.29) is 0 Å². The second kappa shape index (κ2) is 6.35. The predicted octanol–water partition coefficient (Wildman–Crippen LogP) is 3.96. The van der Waals surface area contributed by atoms with Gasteiger partial charge in [-0.15, -0.1) is 0 Å². The van der Waals surface area contributed by atoms with Crippen LogP contribution in [0.1, 0.15) is 0 Å². The Morgan fingerprint density at radius 3 is 2.57 bits per heavy atom. The summed E-state index contributed by atoms with van der Waals surface area (Å²) >= 11 is 0. The van der Waals surface area contributed by atoms with Gasteiger partial charge in [0, 0.05) is 71.0 Å². The van der Waals surface area contributed by atoms with Crippen LogP contribution in [0.15, 0.2) is 67.5 Å². The maximum absolute atomic E-state index is 4.59. The zero-order valence-corrected chi connectivity index (χ0v) is 16.0. The molecule has 0 aliphatic heterocycles. The predicted molar refractivity (Wildman–Crippen MR) is 114 cm³/mol. The van der Waals surface area contributed by atoms with Crippen molar-refractivity contribution in [2.24, 2.45) is 7.05 Å². The van der Waals surface area contributed by atoms with Crippen molar-refractivity contribution in [1.29, 1.82) is 0 Å². The number of fused-ring (bicyclic) bond motifs is 2. The molecule has 30 heavy (non-hydrogen) atoms. The fourth-order valence-electron chi connectivity index (χ4n) is 3.76. The molecule has 0 aliphatic rings. The Hall–Kier alpha value is -4.33. The minimum Gasteiger partial charge on any atom is -0.353 e. The summed E-state index contributed by atoms with van der Waals surface area (Å²) in [5, 5.41) is 13.8. The van der Waals surface area contributed by atoms with Crippen LogP contribution in [0.3, 0.4) is 0 Å². The van der Waals surface area contributed by atoms with Crippen LogP contribution in [-0.4, -0.2) is 39.9 Å². The number of hydrogen-bond donors (Lipinski definition) is 2. The molecule has 0 amide bonds.